The Hall–Kier alpha value is -2.09. The lowest BCUT2D eigenvalue weighted by Gasteiger charge is -2.10. The van der Waals surface area contributed by atoms with E-state index in [1.807, 2.05) is 0 Å². The van der Waals surface area contributed by atoms with Crippen LogP contribution in [0.25, 0.3) is 0 Å². The van der Waals surface area contributed by atoms with Crippen molar-refractivity contribution >= 4 is 29.4 Å². The van der Waals surface area contributed by atoms with E-state index in [9.17, 15) is 9.59 Å². The molecule has 0 saturated heterocycles. The smallest absolute Gasteiger partial charge is 0.407 e. The summed E-state index contributed by atoms with van der Waals surface area (Å²) in [6.07, 6.45) is 1.09. The summed E-state index contributed by atoms with van der Waals surface area (Å²) in [7, 11) is 0. The van der Waals surface area contributed by atoms with Gasteiger partial charge < -0.3 is 25.4 Å². The molecule has 0 aromatic carbocycles. The molecule has 7 nitrogen and oxygen atoms in total. The second kappa shape index (κ2) is 11.7. The van der Waals surface area contributed by atoms with E-state index in [4.69, 9.17) is 21.7 Å². The Kier molecular flexibility index (Phi) is 10.5. The Morgan fingerprint density at radius 2 is 1.76 bits per heavy atom. The third-order valence-corrected chi connectivity index (χ3v) is 2.27. The van der Waals surface area contributed by atoms with Crippen LogP contribution in [-0.4, -0.2) is 50.0 Å². The number of amides is 1. The van der Waals surface area contributed by atoms with E-state index >= 15 is 0 Å². The molecule has 0 aromatic rings. The summed E-state index contributed by atoms with van der Waals surface area (Å²) >= 11 is 4.95. The van der Waals surface area contributed by atoms with Gasteiger partial charge in [-0.05, 0) is 19.1 Å². The predicted octanol–water partition coefficient (Wildman–Crippen LogP) is 0.482. The number of hydrogen-bond donors (Lipinski definition) is 3. The first-order chi connectivity index (χ1) is 9.97. The van der Waals surface area contributed by atoms with Gasteiger partial charge in [0.15, 0.2) is 5.11 Å². The quantitative estimate of drug-likeness (QED) is 0.187. The molecule has 8 heteroatoms. The molecular weight excluding hydrogens is 294 g/mol. The summed E-state index contributed by atoms with van der Waals surface area (Å²) in [5.41, 5.74) is 0.310. The van der Waals surface area contributed by atoms with E-state index in [1.54, 1.807) is 13.0 Å². The number of carbonyl (C=O) groups excluding carboxylic acids is 2. The highest BCUT2D eigenvalue weighted by molar-refractivity contribution is 7.80. The third kappa shape index (κ3) is 11.4. The number of nitrogens with one attached hydrogen (secondary N) is 3. The second-order valence-corrected chi connectivity index (χ2v) is 4.31. The summed E-state index contributed by atoms with van der Waals surface area (Å²) in [4.78, 5) is 22.3. The van der Waals surface area contributed by atoms with Crippen LogP contribution in [0.4, 0.5) is 4.79 Å². The Balaban J connectivity index is 3.50. The summed E-state index contributed by atoms with van der Waals surface area (Å²) in [5.74, 6) is -0.491. The molecule has 0 fully saturated rings. The number of hydrogen-bond acceptors (Lipinski definition) is 5. The molecule has 0 unspecified atom stereocenters. The minimum Gasteiger partial charge on any atom is -0.460 e. The minimum atomic E-state index is -0.590. The lowest BCUT2D eigenvalue weighted by atomic mass is 10.4. The van der Waals surface area contributed by atoms with E-state index in [-0.39, 0.29) is 19.8 Å². The van der Waals surface area contributed by atoms with Gasteiger partial charge in [-0.2, -0.15) is 0 Å². The van der Waals surface area contributed by atoms with Crippen molar-refractivity contribution in [3.05, 3.63) is 24.8 Å². The number of esters is 1. The van der Waals surface area contributed by atoms with E-state index in [1.165, 1.54) is 0 Å². The highest BCUT2D eigenvalue weighted by Gasteiger charge is 2.04. The van der Waals surface area contributed by atoms with Gasteiger partial charge in [0.05, 0.1) is 13.1 Å². The Labute approximate surface area is 129 Å². The molecule has 0 aromatic heterocycles. The average Bonchev–Trinajstić information content (AvgIpc) is 2.45. The van der Waals surface area contributed by atoms with Gasteiger partial charge in [0, 0.05) is 12.1 Å². The monoisotopic (exact) mass is 315 g/mol. The molecule has 3 N–H and O–H groups in total. The summed E-state index contributed by atoms with van der Waals surface area (Å²) < 4.78 is 9.67. The van der Waals surface area contributed by atoms with Gasteiger partial charge in [0.25, 0.3) is 0 Å². The Morgan fingerprint density at radius 3 is 2.38 bits per heavy atom. The molecule has 0 aliphatic rings. The van der Waals surface area contributed by atoms with Crippen molar-refractivity contribution in [2.24, 2.45) is 0 Å². The van der Waals surface area contributed by atoms with Crippen LogP contribution < -0.4 is 16.0 Å². The molecule has 0 rings (SSSR count). The molecule has 0 atom stereocenters. The Bertz CT molecular complexity index is 399. The molecule has 0 aliphatic heterocycles. The number of ether oxygens (including phenoxy) is 2. The first-order valence-electron chi connectivity index (χ1n) is 6.33. The third-order valence-electron chi connectivity index (χ3n) is 1.98. The number of alkyl carbamates (subject to hydrolysis) is 1. The summed E-state index contributed by atoms with van der Waals surface area (Å²) in [6.45, 7) is 9.88. The molecular formula is C13H21N3O4S. The minimum absolute atomic E-state index is 0.0641. The molecule has 0 saturated carbocycles. The van der Waals surface area contributed by atoms with Gasteiger partial charge in [-0.1, -0.05) is 12.7 Å². The fourth-order valence-electron chi connectivity index (χ4n) is 1.01. The number of carbonyl (C=O) groups is 2. The van der Waals surface area contributed by atoms with Gasteiger partial charge in [0.2, 0.25) is 0 Å². The van der Waals surface area contributed by atoms with Gasteiger partial charge in [0.1, 0.15) is 13.2 Å². The summed E-state index contributed by atoms with van der Waals surface area (Å²) in [6, 6.07) is 0. The standard InChI is InChI=1S/C13H21N3O4S/c1-4-5-14-12(21)15-6-9-20-13(18)16-7-8-19-11(17)10(2)3/h4H,1-2,5-9H2,3H3,(H,16,18)(H2,14,15,21). The fourth-order valence-corrected chi connectivity index (χ4v) is 1.19. The maximum absolute atomic E-state index is 11.3. The van der Waals surface area contributed by atoms with Crippen molar-refractivity contribution in [1.29, 1.82) is 0 Å². The zero-order valence-corrected chi connectivity index (χ0v) is 12.9. The highest BCUT2D eigenvalue weighted by atomic mass is 32.1. The lowest BCUT2D eigenvalue weighted by Crippen LogP contribution is -2.38. The zero-order chi connectivity index (χ0) is 16.1. The SMILES string of the molecule is C=CCNC(=S)NCCOC(=O)NCCOC(=O)C(=C)C. The number of thiocarbonyl (C=S) groups is 1. The van der Waals surface area contributed by atoms with Crippen LogP contribution in [0.3, 0.4) is 0 Å². The van der Waals surface area contributed by atoms with E-state index in [0.29, 0.717) is 23.8 Å². The highest BCUT2D eigenvalue weighted by Crippen LogP contribution is 1.90. The summed E-state index contributed by atoms with van der Waals surface area (Å²) in [5, 5.41) is 8.63. The van der Waals surface area contributed by atoms with E-state index in [0.717, 1.165) is 0 Å². The van der Waals surface area contributed by atoms with Crippen molar-refractivity contribution in [2.75, 3.05) is 32.8 Å². The normalized spacial score (nSPS) is 9.19. The van der Waals surface area contributed by atoms with Gasteiger partial charge in [-0.15, -0.1) is 6.58 Å². The van der Waals surface area contributed by atoms with Crippen molar-refractivity contribution in [3.8, 4) is 0 Å². The van der Waals surface area contributed by atoms with Crippen molar-refractivity contribution in [3.63, 3.8) is 0 Å². The van der Waals surface area contributed by atoms with Crippen molar-refractivity contribution < 1.29 is 19.1 Å². The largest absolute Gasteiger partial charge is 0.460 e. The van der Waals surface area contributed by atoms with Crippen LogP contribution in [0.5, 0.6) is 0 Å². The van der Waals surface area contributed by atoms with Crippen LogP contribution in [0.2, 0.25) is 0 Å². The van der Waals surface area contributed by atoms with Crippen LogP contribution in [0.15, 0.2) is 24.8 Å². The van der Waals surface area contributed by atoms with Crippen LogP contribution in [0, 0.1) is 0 Å². The average molecular weight is 315 g/mol. The van der Waals surface area contributed by atoms with E-state index in [2.05, 4.69) is 29.1 Å². The number of rotatable bonds is 9. The van der Waals surface area contributed by atoms with Gasteiger partial charge in [-0.3, -0.25) is 0 Å². The first kappa shape index (κ1) is 18.9. The van der Waals surface area contributed by atoms with E-state index < -0.39 is 12.1 Å². The fraction of sp³-hybridized carbons (Fsp3) is 0.462. The molecule has 1 amide bonds. The van der Waals surface area contributed by atoms with Gasteiger partial charge >= 0.3 is 12.1 Å². The molecule has 0 heterocycles. The Morgan fingerprint density at radius 1 is 1.14 bits per heavy atom. The van der Waals surface area contributed by atoms with Crippen LogP contribution in [0.1, 0.15) is 6.92 Å². The molecule has 21 heavy (non-hydrogen) atoms. The van der Waals surface area contributed by atoms with Crippen LogP contribution >= 0.6 is 12.2 Å². The van der Waals surface area contributed by atoms with Gasteiger partial charge in [-0.25, -0.2) is 9.59 Å². The van der Waals surface area contributed by atoms with Crippen LogP contribution in [-0.2, 0) is 14.3 Å². The molecule has 0 aliphatic carbocycles. The molecule has 0 radical (unpaired) electrons. The lowest BCUT2D eigenvalue weighted by molar-refractivity contribution is -0.138. The maximum atomic E-state index is 11.3. The molecule has 118 valence electrons. The topological polar surface area (TPSA) is 88.7 Å². The predicted molar refractivity (Wildman–Crippen MR) is 83.9 cm³/mol. The zero-order valence-electron chi connectivity index (χ0n) is 12.1. The molecule has 0 spiro atoms. The maximum Gasteiger partial charge on any atom is 0.407 e. The first-order valence-corrected chi connectivity index (χ1v) is 6.74. The van der Waals surface area contributed by atoms with Crippen molar-refractivity contribution in [2.45, 2.75) is 6.92 Å². The second-order valence-electron chi connectivity index (χ2n) is 3.90. The molecule has 0 bridgehead atoms. The van der Waals surface area contributed by atoms with Crippen molar-refractivity contribution in [1.82, 2.24) is 16.0 Å².